The highest BCUT2D eigenvalue weighted by molar-refractivity contribution is 6.02. The molecule has 0 radical (unpaired) electrons. The molecule has 0 saturated carbocycles. The lowest BCUT2D eigenvalue weighted by Gasteiger charge is -2.30. The van der Waals surface area contributed by atoms with Crippen LogP contribution >= 0.6 is 0 Å². The predicted octanol–water partition coefficient (Wildman–Crippen LogP) is 0.947. The first-order valence-corrected chi connectivity index (χ1v) is 10.2. The molecule has 2 aliphatic heterocycles. The van der Waals surface area contributed by atoms with E-state index in [1.165, 1.54) is 0 Å². The second kappa shape index (κ2) is 7.78. The number of nitrogens with zero attached hydrogens (tertiary/aromatic N) is 5. The highest BCUT2D eigenvalue weighted by atomic mass is 16.2. The molecule has 2 fully saturated rings. The number of urea groups is 1. The summed E-state index contributed by atoms with van der Waals surface area (Å²) in [6, 6.07) is 6.38. The molecular weight excluding hydrogens is 398 g/mol. The van der Waals surface area contributed by atoms with Crippen molar-refractivity contribution >= 4 is 28.6 Å². The van der Waals surface area contributed by atoms with Crippen molar-refractivity contribution in [2.45, 2.75) is 37.8 Å². The number of pyridine rings is 1. The van der Waals surface area contributed by atoms with Crippen LogP contribution in [-0.4, -0.2) is 61.4 Å². The highest BCUT2D eigenvalue weighted by Crippen LogP contribution is 2.24. The number of carbonyl (C=O) groups excluding carboxylic acids is 3. The summed E-state index contributed by atoms with van der Waals surface area (Å²) in [7, 11) is 0. The van der Waals surface area contributed by atoms with Gasteiger partial charge in [-0.05, 0) is 25.0 Å². The second-order valence-corrected chi connectivity index (χ2v) is 7.84. The van der Waals surface area contributed by atoms with Crippen molar-refractivity contribution in [2.24, 2.45) is 0 Å². The Balaban J connectivity index is 1.33. The standard InChI is InChI=1S/C21H21N7O3/c29-19-10-17(23-21(31)24-19)20(30)27-8-2-4-15(27)9-14-12-28(26-25-14)18-5-1-3-13-11-22-7-6-16(13)18/h1,3,5-7,11-12,15,17H,2,4,8-10H2,(H2,23,24,29,31)/t15?,17-/m0/s1. The van der Waals surface area contributed by atoms with E-state index in [4.69, 9.17) is 0 Å². The van der Waals surface area contributed by atoms with Gasteiger partial charge in [-0.1, -0.05) is 17.3 Å². The number of hydrogen-bond acceptors (Lipinski definition) is 6. The Morgan fingerprint density at radius 1 is 1.23 bits per heavy atom. The highest BCUT2D eigenvalue weighted by Gasteiger charge is 2.37. The zero-order valence-corrected chi connectivity index (χ0v) is 16.7. The fourth-order valence-electron chi connectivity index (χ4n) is 4.35. The third kappa shape index (κ3) is 3.72. The van der Waals surface area contributed by atoms with Gasteiger partial charge < -0.3 is 10.2 Å². The van der Waals surface area contributed by atoms with E-state index in [9.17, 15) is 14.4 Å². The maximum Gasteiger partial charge on any atom is 0.322 e. The van der Waals surface area contributed by atoms with Crippen LogP contribution < -0.4 is 10.6 Å². The molecule has 2 atom stereocenters. The number of fused-ring (bicyclic) bond motifs is 1. The fourth-order valence-corrected chi connectivity index (χ4v) is 4.35. The van der Waals surface area contributed by atoms with E-state index in [0.717, 1.165) is 35.0 Å². The van der Waals surface area contributed by atoms with Crippen molar-refractivity contribution in [1.82, 2.24) is 35.5 Å². The number of amides is 4. The number of rotatable bonds is 4. The Morgan fingerprint density at radius 3 is 3.00 bits per heavy atom. The van der Waals surface area contributed by atoms with E-state index in [-0.39, 0.29) is 18.4 Å². The summed E-state index contributed by atoms with van der Waals surface area (Å²) >= 11 is 0. The monoisotopic (exact) mass is 419 g/mol. The first kappa shape index (κ1) is 19.2. The van der Waals surface area contributed by atoms with Gasteiger partial charge in [0.1, 0.15) is 6.04 Å². The van der Waals surface area contributed by atoms with Gasteiger partial charge in [-0.3, -0.25) is 19.9 Å². The molecule has 0 aliphatic carbocycles. The molecule has 31 heavy (non-hydrogen) atoms. The van der Waals surface area contributed by atoms with Gasteiger partial charge in [-0.15, -0.1) is 5.10 Å². The molecule has 2 N–H and O–H groups in total. The molecule has 1 aromatic carbocycles. The molecule has 0 spiro atoms. The molecule has 158 valence electrons. The van der Waals surface area contributed by atoms with Crippen molar-refractivity contribution < 1.29 is 14.4 Å². The molecule has 5 rings (SSSR count). The average molecular weight is 419 g/mol. The second-order valence-electron chi connectivity index (χ2n) is 7.84. The van der Waals surface area contributed by atoms with Crippen molar-refractivity contribution in [3.63, 3.8) is 0 Å². The van der Waals surface area contributed by atoms with Crippen LogP contribution in [0.4, 0.5) is 4.79 Å². The number of likely N-dealkylation sites (tertiary alicyclic amines) is 1. The van der Waals surface area contributed by atoms with Crippen molar-refractivity contribution in [1.29, 1.82) is 0 Å². The zero-order valence-electron chi connectivity index (χ0n) is 16.7. The van der Waals surface area contributed by atoms with Crippen LogP contribution in [0.25, 0.3) is 16.5 Å². The van der Waals surface area contributed by atoms with Gasteiger partial charge in [0.2, 0.25) is 11.8 Å². The number of benzene rings is 1. The van der Waals surface area contributed by atoms with Crippen LogP contribution in [0.1, 0.15) is 25.0 Å². The minimum absolute atomic E-state index is 0.0418. The number of imide groups is 1. The zero-order chi connectivity index (χ0) is 21.4. The van der Waals surface area contributed by atoms with Gasteiger partial charge in [0.05, 0.1) is 24.0 Å². The lowest BCUT2D eigenvalue weighted by atomic mass is 10.1. The normalized spacial score (nSPS) is 21.2. The van der Waals surface area contributed by atoms with E-state index in [0.29, 0.717) is 13.0 Å². The third-order valence-corrected chi connectivity index (χ3v) is 5.80. The Kier molecular flexibility index (Phi) is 4.81. The Hall–Kier alpha value is -3.82. The van der Waals surface area contributed by atoms with Crippen LogP contribution in [0.5, 0.6) is 0 Å². The van der Waals surface area contributed by atoms with Gasteiger partial charge in [0.15, 0.2) is 0 Å². The predicted molar refractivity (Wildman–Crippen MR) is 110 cm³/mol. The number of aromatic nitrogens is 4. The van der Waals surface area contributed by atoms with Gasteiger partial charge in [-0.2, -0.15) is 0 Å². The number of hydrogen-bond donors (Lipinski definition) is 2. The summed E-state index contributed by atoms with van der Waals surface area (Å²) in [6.07, 6.45) is 7.66. The Bertz CT molecular complexity index is 1150. The summed E-state index contributed by atoms with van der Waals surface area (Å²) in [5.74, 6) is -0.661. The van der Waals surface area contributed by atoms with Crippen molar-refractivity contribution in [3.05, 3.63) is 48.5 Å². The Labute approximate surface area is 177 Å². The first-order valence-electron chi connectivity index (χ1n) is 10.2. The van der Waals surface area contributed by atoms with E-state index >= 15 is 0 Å². The van der Waals surface area contributed by atoms with Crippen LogP contribution in [0.15, 0.2) is 42.9 Å². The molecule has 2 aliphatic rings. The van der Waals surface area contributed by atoms with Crippen molar-refractivity contribution in [2.75, 3.05) is 6.54 Å². The van der Waals surface area contributed by atoms with Crippen LogP contribution in [-0.2, 0) is 16.0 Å². The van der Waals surface area contributed by atoms with E-state index in [1.807, 2.05) is 36.7 Å². The summed E-state index contributed by atoms with van der Waals surface area (Å²) in [5, 5.41) is 15.4. The van der Waals surface area contributed by atoms with Crippen LogP contribution in [0.3, 0.4) is 0 Å². The quantitative estimate of drug-likeness (QED) is 0.649. The van der Waals surface area contributed by atoms with Gasteiger partial charge in [0.25, 0.3) is 0 Å². The summed E-state index contributed by atoms with van der Waals surface area (Å²) in [5.41, 5.74) is 1.69. The smallest absolute Gasteiger partial charge is 0.322 e. The summed E-state index contributed by atoms with van der Waals surface area (Å²) in [4.78, 5) is 42.1. The molecule has 10 nitrogen and oxygen atoms in total. The molecule has 4 heterocycles. The van der Waals surface area contributed by atoms with Gasteiger partial charge >= 0.3 is 6.03 Å². The minimum atomic E-state index is -0.818. The van der Waals surface area contributed by atoms with E-state index in [2.05, 4.69) is 25.9 Å². The maximum atomic E-state index is 12.9. The minimum Gasteiger partial charge on any atom is -0.338 e. The molecule has 10 heteroatoms. The maximum absolute atomic E-state index is 12.9. The molecule has 4 amide bonds. The lowest BCUT2D eigenvalue weighted by Crippen LogP contribution is -2.58. The fraction of sp³-hybridized carbons (Fsp3) is 0.333. The largest absolute Gasteiger partial charge is 0.338 e. The number of carbonyl (C=O) groups is 3. The van der Waals surface area contributed by atoms with E-state index in [1.54, 1.807) is 15.8 Å². The summed E-state index contributed by atoms with van der Waals surface area (Å²) in [6.45, 7) is 0.599. The van der Waals surface area contributed by atoms with E-state index < -0.39 is 18.0 Å². The topological polar surface area (TPSA) is 122 Å². The molecule has 2 aromatic heterocycles. The number of nitrogens with one attached hydrogen (secondary N) is 2. The lowest BCUT2D eigenvalue weighted by molar-refractivity contribution is -0.137. The Morgan fingerprint density at radius 2 is 2.13 bits per heavy atom. The molecule has 2 saturated heterocycles. The third-order valence-electron chi connectivity index (χ3n) is 5.80. The molecule has 0 bridgehead atoms. The SMILES string of the molecule is O=C1C[C@@H](C(=O)N2CCCC2Cc2cn(-c3cccc4cnccc34)nn2)NC(=O)N1. The molecule has 1 unspecified atom stereocenters. The average Bonchev–Trinajstić information content (AvgIpc) is 3.42. The van der Waals surface area contributed by atoms with Gasteiger partial charge in [-0.25, -0.2) is 9.48 Å². The van der Waals surface area contributed by atoms with Crippen LogP contribution in [0.2, 0.25) is 0 Å². The molecule has 3 aromatic rings. The summed E-state index contributed by atoms with van der Waals surface area (Å²) < 4.78 is 1.74. The van der Waals surface area contributed by atoms with Crippen LogP contribution in [0, 0.1) is 0 Å². The van der Waals surface area contributed by atoms with Gasteiger partial charge in [0, 0.05) is 42.2 Å². The van der Waals surface area contributed by atoms with Crippen molar-refractivity contribution in [3.8, 4) is 5.69 Å². The molecular formula is C21H21N7O3. The first-order chi connectivity index (χ1) is 15.1.